The first-order valence-corrected chi connectivity index (χ1v) is 10.1. The Hall–Kier alpha value is -2.08. The van der Waals surface area contributed by atoms with Crippen molar-refractivity contribution >= 4 is 17.7 Å². The van der Waals surface area contributed by atoms with Gasteiger partial charge in [-0.05, 0) is 81.2 Å². The molecule has 0 radical (unpaired) electrons. The van der Waals surface area contributed by atoms with Crippen molar-refractivity contribution < 1.29 is 14.7 Å². The fraction of sp³-hybridized carbons (Fsp3) is 0.619. The van der Waals surface area contributed by atoms with Gasteiger partial charge in [-0.15, -0.1) is 0 Å². The molecule has 1 aliphatic heterocycles. The van der Waals surface area contributed by atoms with Gasteiger partial charge in [0, 0.05) is 31.2 Å². The number of hydrogen-bond acceptors (Lipinski definition) is 3. The van der Waals surface area contributed by atoms with Gasteiger partial charge in [0.05, 0.1) is 0 Å². The van der Waals surface area contributed by atoms with Gasteiger partial charge < -0.3 is 20.6 Å². The maximum Gasteiger partial charge on any atom is 0.319 e. The largest absolute Gasteiger partial charge is 0.481 e. The van der Waals surface area contributed by atoms with Crippen LogP contribution in [-0.4, -0.2) is 48.2 Å². The van der Waals surface area contributed by atoms with Gasteiger partial charge in [0.1, 0.15) is 0 Å². The van der Waals surface area contributed by atoms with E-state index in [1.54, 1.807) is 0 Å². The summed E-state index contributed by atoms with van der Waals surface area (Å²) in [5.41, 5.74) is 3.56. The van der Waals surface area contributed by atoms with Crippen molar-refractivity contribution in [3.8, 4) is 0 Å². The molecule has 0 aromatic heterocycles. The third-order valence-electron chi connectivity index (χ3n) is 5.94. The van der Waals surface area contributed by atoms with E-state index in [-0.39, 0.29) is 18.5 Å². The number of carbonyl (C=O) groups is 2. The number of fused-ring (bicyclic) bond motifs is 1. The minimum atomic E-state index is -0.720. The number of amides is 2. The predicted molar refractivity (Wildman–Crippen MR) is 106 cm³/mol. The monoisotopic (exact) mass is 373 g/mol. The van der Waals surface area contributed by atoms with E-state index in [1.807, 2.05) is 6.07 Å². The molecule has 27 heavy (non-hydrogen) atoms. The summed E-state index contributed by atoms with van der Waals surface area (Å²) in [6, 6.07) is 6.27. The number of nitrogens with zero attached hydrogens (tertiary/aromatic N) is 1. The van der Waals surface area contributed by atoms with Crippen LogP contribution in [0.4, 0.5) is 10.5 Å². The topological polar surface area (TPSA) is 81.7 Å². The third-order valence-corrected chi connectivity index (χ3v) is 5.94. The highest BCUT2D eigenvalue weighted by Crippen LogP contribution is 2.28. The number of nitrogens with one attached hydrogen (secondary N) is 2. The smallest absolute Gasteiger partial charge is 0.319 e. The first-order chi connectivity index (χ1) is 13.0. The van der Waals surface area contributed by atoms with E-state index in [1.165, 1.54) is 11.1 Å². The van der Waals surface area contributed by atoms with Crippen molar-refractivity contribution in [1.82, 2.24) is 10.2 Å². The summed E-state index contributed by atoms with van der Waals surface area (Å²) < 4.78 is 0. The molecule has 2 amide bonds. The molecule has 0 unspecified atom stereocenters. The zero-order valence-corrected chi connectivity index (χ0v) is 16.2. The molecule has 1 aromatic rings. The SMILES string of the molecule is CN1CCc2ccc(NC(=O)NC3CCC(CCC(=O)O)CC3)cc2CC1. The number of benzene rings is 1. The fourth-order valence-corrected chi connectivity index (χ4v) is 4.19. The average molecular weight is 373 g/mol. The summed E-state index contributed by atoms with van der Waals surface area (Å²) in [5, 5.41) is 14.8. The number of likely N-dealkylation sites (N-methyl/N-ethyl adjacent to an activating group) is 1. The molecule has 3 rings (SSSR count). The molecule has 2 aliphatic rings. The summed E-state index contributed by atoms with van der Waals surface area (Å²) >= 11 is 0. The molecular formula is C21H31N3O3. The van der Waals surface area contributed by atoms with Crippen molar-refractivity contribution in [1.29, 1.82) is 0 Å². The number of rotatable bonds is 5. The summed E-state index contributed by atoms with van der Waals surface area (Å²) in [5.74, 6) is -0.244. The summed E-state index contributed by atoms with van der Waals surface area (Å²) in [6.45, 7) is 2.13. The number of hydrogen-bond donors (Lipinski definition) is 3. The summed E-state index contributed by atoms with van der Waals surface area (Å²) in [4.78, 5) is 25.4. The van der Waals surface area contributed by atoms with E-state index in [0.717, 1.165) is 63.7 Å². The van der Waals surface area contributed by atoms with Crippen LogP contribution < -0.4 is 10.6 Å². The zero-order valence-electron chi connectivity index (χ0n) is 16.2. The number of carbonyl (C=O) groups excluding carboxylic acids is 1. The van der Waals surface area contributed by atoms with Gasteiger partial charge in [-0.2, -0.15) is 0 Å². The van der Waals surface area contributed by atoms with Gasteiger partial charge in [0.2, 0.25) is 0 Å². The van der Waals surface area contributed by atoms with Crippen molar-refractivity contribution in [3.05, 3.63) is 29.3 Å². The Labute approximate surface area is 161 Å². The second-order valence-electron chi connectivity index (χ2n) is 8.04. The van der Waals surface area contributed by atoms with Crippen LogP contribution in [-0.2, 0) is 17.6 Å². The molecule has 0 bridgehead atoms. The molecule has 1 saturated carbocycles. The van der Waals surface area contributed by atoms with Gasteiger partial charge in [0.15, 0.2) is 0 Å². The summed E-state index contributed by atoms with van der Waals surface area (Å²) in [7, 11) is 2.15. The molecule has 1 fully saturated rings. The minimum absolute atomic E-state index is 0.144. The van der Waals surface area contributed by atoms with Gasteiger partial charge in [-0.25, -0.2) is 4.79 Å². The highest BCUT2D eigenvalue weighted by atomic mass is 16.4. The van der Waals surface area contributed by atoms with E-state index in [2.05, 4.69) is 34.7 Å². The quantitative estimate of drug-likeness (QED) is 0.740. The lowest BCUT2D eigenvalue weighted by molar-refractivity contribution is -0.137. The Morgan fingerprint density at radius 2 is 1.81 bits per heavy atom. The van der Waals surface area contributed by atoms with Crippen molar-refractivity contribution in [2.45, 2.75) is 57.4 Å². The molecule has 3 N–H and O–H groups in total. The predicted octanol–water partition coefficient (Wildman–Crippen LogP) is 3.26. The Bertz CT molecular complexity index is 669. The molecule has 0 saturated heterocycles. The van der Waals surface area contributed by atoms with E-state index >= 15 is 0 Å². The second kappa shape index (κ2) is 9.22. The van der Waals surface area contributed by atoms with E-state index < -0.39 is 5.97 Å². The van der Waals surface area contributed by atoms with Crippen molar-refractivity contribution in [2.75, 3.05) is 25.5 Å². The lowest BCUT2D eigenvalue weighted by atomic mass is 9.83. The fourth-order valence-electron chi connectivity index (χ4n) is 4.19. The zero-order chi connectivity index (χ0) is 19.2. The number of anilines is 1. The minimum Gasteiger partial charge on any atom is -0.481 e. The maximum atomic E-state index is 12.4. The molecule has 6 nitrogen and oxygen atoms in total. The van der Waals surface area contributed by atoms with Gasteiger partial charge in [-0.1, -0.05) is 6.07 Å². The first kappa shape index (κ1) is 19.7. The lowest BCUT2D eigenvalue weighted by Crippen LogP contribution is -2.40. The molecule has 0 atom stereocenters. The van der Waals surface area contributed by atoms with Gasteiger partial charge >= 0.3 is 12.0 Å². The second-order valence-corrected chi connectivity index (χ2v) is 8.04. The first-order valence-electron chi connectivity index (χ1n) is 10.1. The molecule has 1 heterocycles. The van der Waals surface area contributed by atoms with Crippen molar-refractivity contribution in [3.63, 3.8) is 0 Å². The third kappa shape index (κ3) is 5.96. The highest BCUT2D eigenvalue weighted by Gasteiger charge is 2.23. The van der Waals surface area contributed by atoms with Crippen LogP contribution in [0.1, 0.15) is 49.7 Å². The van der Waals surface area contributed by atoms with Crippen LogP contribution >= 0.6 is 0 Å². The molecule has 6 heteroatoms. The molecule has 148 valence electrons. The van der Waals surface area contributed by atoms with Crippen LogP contribution in [0.2, 0.25) is 0 Å². The lowest BCUT2D eigenvalue weighted by Gasteiger charge is -2.28. The number of aliphatic carboxylic acids is 1. The Kier molecular flexibility index (Phi) is 6.72. The van der Waals surface area contributed by atoms with Gasteiger partial charge in [-0.3, -0.25) is 4.79 Å². The van der Waals surface area contributed by atoms with Crippen LogP contribution in [0.25, 0.3) is 0 Å². The standard InChI is InChI=1S/C21H31N3O3/c1-24-12-10-16-5-8-19(14-17(16)11-13-24)23-21(27)22-18-6-2-15(3-7-18)4-9-20(25)26/h5,8,14-15,18H,2-4,6-7,9-13H2,1H3,(H,25,26)(H2,22,23,27). The molecule has 1 aliphatic carbocycles. The van der Waals surface area contributed by atoms with Crippen LogP contribution in [0, 0.1) is 5.92 Å². The Morgan fingerprint density at radius 3 is 2.52 bits per heavy atom. The molecule has 0 spiro atoms. The van der Waals surface area contributed by atoms with Crippen LogP contribution in [0.15, 0.2) is 18.2 Å². The van der Waals surface area contributed by atoms with E-state index in [9.17, 15) is 9.59 Å². The number of carboxylic acid groups (broad SMARTS) is 1. The van der Waals surface area contributed by atoms with Crippen LogP contribution in [0.3, 0.4) is 0 Å². The molecule has 1 aromatic carbocycles. The Morgan fingerprint density at radius 1 is 1.11 bits per heavy atom. The number of carboxylic acids is 1. The highest BCUT2D eigenvalue weighted by molar-refractivity contribution is 5.89. The van der Waals surface area contributed by atoms with E-state index in [0.29, 0.717) is 5.92 Å². The van der Waals surface area contributed by atoms with Gasteiger partial charge in [0.25, 0.3) is 0 Å². The normalized spacial score (nSPS) is 23.1. The van der Waals surface area contributed by atoms with E-state index in [4.69, 9.17) is 5.11 Å². The maximum absolute atomic E-state index is 12.4. The Balaban J connectivity index is 1.45. The van der Waals surface area contributed by atoms with Crippen molar-refractivity contribution in [2.24, 2.45) is 5.92 Å². The average Bonchev–Trinajstić information content (AvgIpc) is 2.82. The molecular weight excluding hydrogens is 342 g/mol. The summed E-state index contributed by atoms with van der Waals surface area (Å²) in [6.07, 6.45) is 6.90. The van der Waals surface area contributed by atoms with Crippen LogP contribution in [0.5, 0.6) is 0 Å². The number of urea groups is 1.